The minimum absolute atomic E-state index is 0.0336. The molecule has 1 aromatic carbocycles. The third-order valence-electron chi connectivity index (χ3n) is 5.14. The van der Waals surface area contributed by atoms with E-state index in [1.165, 1.54) is 0 Å². The predicted molar refractivity (Wildman–Crippen MR) is 131 cm³/mol. The average Bonchev–Trinajstić information content (AvgIpc) is 3.12. The molecule has 2 N–H and O–H groups in total. The largest absolute Gasteiger partial charge is 0.322 e. The first-order valence-corrected chi connectivity index (χ1v) is 11.4. The number of benzene rings is 1. The SMILES string of the molecule is CCCN(CC(=O)Nc1cc(C(C)(C)C)nn1C(C)(C)C)C(=O)Nc1ccccc1CC. The van der Waals surface area contributed by atoms with Crippen LogP contribution in [0.1, 0.15) is 73.1 Å². The summed E-state index contributed by atoms with van der Waals surface area (Å²) in [7, 11) is 0. The predicted octanol–water partition coefficient (Wildman–Crippen LogP) is 5.38. The lowest BCUT2D eigenvalue weighted by Crippen LogP contribution is -2.41. The molecular formula is C25H39N5O2. The zero-order valence-electron chi connectivity index (χ0n) is 20.9. The lowest BCUT2D eigenvalue weighted by molar-refractivity contribution is -0.116. The van der Waals surface area contributed by atoms with Crippen molar-refractivity contribution < 1.29 is 9.59 Å². The lowest BCUT2D eigenvalue weighted by atomic mass is 9.92. The van der Waals surface area contributed by atoms with Gasteiger partial charge in [0.15, 0.2) is 0 Å². The van der Waals surface area contributed by atoms with E-state index in [0.29, 0.717) is 12.4 Å². The monoisotopic (exact) mass is 441 g/mol. The summed E-state index contributed by atoms with van der Waals surface area (Å²) in [6, 6.07) is 9.37. The Morgan fingerprint density at radius 2 is 1.69 bits per heavy atom. The van der Waals surface area contributed by atoms with E-state index in [1.807, 2.05) is 69.6 Å². The van der Waals surface area contributed by atoms with Gasteiger partial charge in [-0.25, -0.2) is 9.48 Å². The van der Waals surface area contributed by atoms with Gasteiger partial charge in [-0.3, -0.25) is 4.79 Å². The van der Waals surface area contributed by atoms with Crippen LogP contribution in [-0.2, 0) is 22.2 Å². The van der Waals surface area contributed by atoms with E-state index in [4.69, 9.17) is 5.10 Å². The van der Waals surface area contributed by atoms with Crippen molar-refractivity contribution in [3.8, 4) is 0 Å². The van der Waals surface area contributed by atoms with Crippen LogP contribution in [0.4, 0.5) is 16.3 Å². The van der Waals surface area contributed by atoms with E-state index in [1.54, 1.807) is 4.90 Å². The number of aromatic nitrogens is 2. The fourth-order valence-corrected chi connectivity index (χ4v) is 3.37. The van der Waals surface area contributed by atoms with Gasteiger partial charge in [0.25, 0.3) is 0 Å². The van der Waals surface area contributed by atoms with E-state index in [-0.39, 0.29) is 29.4 Å². The Hall–Kier alpha value is -2.83. The standard InChI is InChI=1S/C25H39N5O2/c1-9-15-29(23(32)26-19-14-12-11-13-18(19)10-2)17-22(31)27-21-16-20(24(3,4)5)28-30(21)25(6,7)8/h11-14,16H,9-10,15,17H2,1-8H3,(H,26,32)(H,27,31). The van der Waals surface area contributed by atoms with E-state index >= 15 is 0 Å². The summed E-state index contributed by atoms with van der Waals surface area (Å²) in [5.41, 5.74) is 2.31. The van der Waals surface area contributed by atoms with Crippen LogP contribution in [0.25, 0.3) is 0 Å². The summed E-state index contributed by atoms with van der Waals surface area (Å²) in [4.78, 5) is 27.4. The molecule has 0 radical (unpaired) electrons. The van der Waals surface area contributed by atoms with Crippen molar-refractivity contribution in [3.63, 3.8) is 0 Å². The molecular weight excluding hydrogens is 402 g/mol. The van der Waals surface area contributed by atoms with Gasteiger partial charge in [-0.15, -0.1) is 0 Å². The van der Waals surface area contributed by atoms with E-state index < -0.39 is 0 Å². The van der Waals surface area contributed by atoms with E-state index in [9.17, 15) is 9.59 Å². The molecule has 0 saturated heterocycles. The first-order chi connectivity index (χ1) is 14.9. The highest BCUT2D eigenvalue weighted by Gasteiger charge is 2.26. The van der Waals surface area contributed by atoms with Crippen molar-refractivity contribution in [2.24, 2.45) is 0 Å². The van der Waals surface area contributed by atoms with Crippen LogP contribution in [0.2, 0.25) is 0 Å². The van der Waals surface area contributed by atoms with Crippen LogP contribution in [0.15, 0.2) is 30.3 Å². The number of amides is 3. The molecule has 0 saturated carbocycles. The molecule has 2 rings (SSSR count). The summed E-state index contributed by atoms with van der Waals surface area (Å²) in [6.07, 6.45) is 1.57. The highest BCUT2D eigenvalue weighted by molar-refractivity contribution is 5.97. The van der Waals surface area contributed by atoms with Crippen LogP contribution >= 0.6 is 0 Å². The van der Waals surface area contributed by atoms with E-state index in [0.717, 1.165) is 29.8 Å². The van der Waals surface area contributed by atoms with Gasteiger partial charge in [0, 0.05) is 23.7 Å². The Morgan fingerprint density at radius 1 is 1.03 bits per heavy atom. The second kappa shape index (κ2) is 10.2. The molecule has 0 fully saturated rings. The number of anilines is 2. The number of carbonyl (C=O) groups is 2. The van der Waals surface area contributed by atoms with Gasteiger partial charge in [-0.2, -0.15) is 5.10 Å². The average molecular weight is 442 g/mol. The Bertz CT molecular complexity index is 935. The molecule has 2 aromatic rings. The summed E-state index contributed by atoms with van der Waals surface area (Å²) >= 11 is 0. The normalized spacial score (nSPS) is 11.9. The van der Waals surface area contributed by atoms with Crippen LogP contribution in [-0.4, -0.2) is 39.7 Å². The Balaban J connectivity index is 2.18. The molecule has 3 amide bonds. The maximum absolute atomic E-state index is 12.9. The Kier molecular flexibility index (Phi) is 8.10. The summed E-state index contributed by atoms with van der Waals surface area (Å²) in [5, 5.41) is 10.7. The molecule has 0 aliphatic rings. The molecule has 7 nitrogen and oxygen atoms in total. The lowest BCUT2D eigenvalue weighted by Gasteiger charge is -2.25. The molecule has 0 atom stereocenters. The Labute approximate surface area is 192 Å². The molecule has 1 aromatic heterocycles. The fourth-order valence-electron chi connectivity index (χ4n) is 3.37. The number of carbonyl (C=O) groups excluding carboxylic acids is 2. The summed E-state index contributed by atoms with van der Waals surface area (Å²) < 4.78 is 1.84. The number of hydrogen-bond acceptors (Lipinski definition) is 3. The number of rotatable bonds is 7. The van der Waals surface area contributed by atoms with Crippen molar-refractivity contribution in [1.29, 1.82) is 0 Å². The number of aryl methyl sites for hydroxylation is 1. The van der Waals surface area contributed by atoms with Gasteiger partial charge in [0.05, 0.1) is 11.2 Å². The summed E-state index contributed by atoms with van der Waals surface area (Å²) in [5.74, 6) is 0.392. The number of nitrogens with one attached hydrogen (secondary N) is 2. The minimum atomic E-state index is -0.295. The molecule has 176 valence electrons. The molecule has 0 unspecified atom stereocenters. The van der Waals surface area contributed by atoms with Gasteiger partial charge in [0.2, 0.25) is 5.91 Å². The molecule has 32 heavy (non-hydrogen) atoms. The third-order valence-corrected chi connectivity index (χ3v) is 5.14. The van der Waals surface area contributed by atoms with Gasteiger partial charge in [-0.05, 0) is 45.2 Å². The quantitative estimate of drug-likeness (QED) is 0.605. The van der Waals surface area contributed by atoms with Crippen molar-refractivity contribution in [1.82, 2.24) is 14.7 Å². The number of hydrogen-bond donors (Lipinski definition) is 2. The van der Waals surface area contributed by atoms with Gasteiger partial charge < -0.3 is 15.5 Å². The first-order valence-electron chi connectivity index (χ1n) is 11.4. The second-order valence-corrected chi connectivity index (χ2v) is 10.2. The van der Waals surface area contributed by atoms with Crippen molar-refractivity contribution >= 4 is 23.4 Å². The van der Waals surface area contributed by atoms with Gasteiger partial charge in [-0.1, -0.05) is 52.8 Å². The number of urea groups is 1. The van der Waals surface area contributed by atoms with Gasteiger partial charge >= 0.3 is 6.03 Å². The highest BCUT2D eigenvalue weighted by Crippen LogP contribution is 2.28. The van der Waals surface area contributed by atoms with Crippen LogP contribution in [0.5, 0.6) is 0 Å². The fraction of sp³-hybridized carbons (Fsp3) is 0.560. The van der Waals surface area contributed by atoms with Crippen molar-refractivity contribution in [3.05, 3.63) is 41.6 Å². The maximum Gasteiger partial charge on any atom is 0.322 e. The smallest absolute Gasteiger partial charge is 0.315 e. The molecule has 7 heteroatoms. The highest BCUT2D eigenvalue weighted by atomic mass is 16.2. The van der Waals surface area contributed by atoms with Crippen LogP contribution in [0, 0.1) is 0 Å². The number of para-hydroxylation sites is 1. The maximum atomic E-state index is 12.9. The Morgan fingerprint density at radius 3 is 2.25 bits per heavy atom. The summed E-state index contributed by atoms with van der Waals surface area (Å²) in [6.45, 7) is 16.9. The number of nitrogens with zero attached hydrogens (tertiary/aromatic N) is 3. The molecule has 0 bridgehead atoms. The molecule has 1 heterocycles. The zero-order chi connectivity index (χ0) is 24.1. The zero-order valence-corrected chi connectivity index (χ0v) is 20.9. The first kappa shape index (κ1) is 25.4. The van der Waals surface area contributed by atoms with Crippen molar-refractivity contribution in [2.75, 3.05) is 23.7 Å². The topological polar surface area (TPSA) is 79.3 Å². The van der Waals surface area contributed by atoms with Crippen LogP contribution < -0.4 is 10.6 Å². The molecule has 0 spiro atoms. The second-order valence-electron chi connectivity index (χ2n) is 10.2. The van der Waals surface area contributed by atoms with E-state index in [2.05, 4.69) is 31.4 Å². The molecule has 0 aliphatic carbocycles. The van der Waals surface area contributed by atoms with Gasteiger partial charge in [0.1, 0.15) is 12.4 Å². The third kappa shape index (κ3) is 6.58. The van der Waals surface area contributed by atoms with Crippen LogP contribution in [0.3, 0.4) is 0 Å². The molecule has 0 aliphatic heterocycles. The van der Waals surface area contributed by atoms with Crippen molar-refractivity contribution in [2.45, 2.75) is 79.2 Å². The minimum Gasteiger partial charge on any atom is -0.315 e.